The summed E-state index contributed by atoms with van der Waals surface area (Å²) in [6, 6.07) is 12.8. The van der Waals surface area contributed by atoms with Crippen LogP contribution in [0.4, 0.5) is 0 Å². The van der Waals surface area contributed by atoms with E-state index in [-0.39, 0.29) is 0 Å². The minimum atomic E-state index is 0.423. The summed E-state index contributed by atoms with van der Waals surface area (Å²) in [4.78, 5) is 9.96. The van der Waals surface area contributed by atoms with Gasteiger partial charge in [0.2, 0.25) is 0 Å². The Morgan fingerprint density at radius 1 is 1.00 bits per heavy atom. The Morgan fingerprint density at radius 3 is 2.70 bits per heavy atom. The van der Waals surface area contributed by atoms with Crippen LogP contribution in [0.3, 0.4) is 0 Å². The number of oxazole rings is 1. The summed E-state index contributed by atoms with van der Waals surface area (Å²) in [5, 5.41) is 0. The maximum Gasteiger partial charge on any atom is 0.199 e. The number of furan rings is 1. The molecule has 4 heterocycles. The lowest BCUT2D eigenvalue weighted by molar-refractivity contribution is 0.0762. The van der Waals surface area contributed by atoms with Gasteiger partial charge in [-0.3, -0.25) is 9.80 Å². The maximum atomic E-state index is 6.06. The van der Waals surface area contributed by atoms with E-state index in [0.29, 0.717) is 12.0 Å². The zero-order valence-electron chi connectivity index (χ0n) is 15.7. The van der Waals surface area contributed by atoms with Crippen LogP contribution in [0.15, 0.2) is 51.5 Å². The van der Waals surface area contributed by atoms with Crippen molar-refractivity contribution >= 4 is 11.1 Å². The smallest absolute Gasteiger partial charge is 0.199 e. The summed E-state index contributed by atoms with van der Waals surface area (Å²) < 4.78 is 11.6. The predicted molar refractivity (Wildman–Crippen MR) is 105 cm³/mol. The second-order valence-electron chi connectivity index (χ2n) is 7.94. The highest BCUT2D eigenvalue weighted by Crippen LogP contribution is 2.31. The van der Waals surface area contributed by atoms with Gasteiger partial charge < -0.3 is 8.83 Å². The number of aromatic nitrogens is 1. The normalized spacial score (nSPS) is 23.2. The molecule has 5 heteroatoms. The van der Waals surface area contributed by atoms with Crippen LogP contribution in [-0.2, 0) is 6.54 Å². The van der Waals surface area contributed by atoms with Crippen LogP contribution in [0.5, 0.6) is 0 Å². The lowest BCUT2D eigenvalue weighted by Gasteiger charge is -2.41. The lowest BCUT2D eigenvalue weighted by Crippen LogP contribution is -2.47. The third-order valence-corrected chi connectivity index (χ3v) is 6.15. The number of nitrogens with zero attached hydrogens (tertiary/aromatic N) is 3. The van der Waals surface area contributed by atoms with E-state index in [1.165, 1.54) is 32.2 Å². The van der Waals surface area contributed by atoms with Gasteiger partial charge >= 0.3 is 0 Å². The van der Waals surface area contributed by atoms with Crippen molar-refractivity contribution in [3.63, 3.8) is 0 Å². The van der Waals surface area contributed by atoms with Crippen molar-refractivity contribution in [2.24, 2.45) is 0 Å². The Bertz CT molecular complexity index is 832. The molecule has 5 nitrogen and oxygen atoms in total. The average molecular weight is 365 g/mol. The van der Waals surface area contributed by atoms with Crippen molar-refractivity contribution in [1.82, 2.24) is 14.8 Å². The summed E-state index contributed by atoms with van der Waals surface area (Å²) in [7, 11) is 0. The van der Waals surface area contributed by atoms with E-state index in [2.05, 4.69) is 15.9 Å². The van der Waals surface area contributed by atoms with Gasteiger partial charge in [0.1, 0.15) is 11.3 Å². The molecule has 2 aromatic heterocycles. The number of hydrogen-bond acceptors (Lipinski definition) is 5. The maximum absolute atomic E-state index is 6.06. The molecule has 5 rings (SSSR count). The second-order valence-corrected chi connectivity index (χ2v) is 7.94. The quantitative estimate of drug-likeness (QED) is 0.691. The van der Waals surface area contributed by atoms with Gasteiger partial charge in [-0.15, -0.1) is 0 Å². The van der Waals surface area contributed by atoms with E-state index in [1.54, 1.807) is 6.26 Å². The monoisotopic (exact) mass is 365 g/mol. The van der Waals surface area contributed by atoms with Gasteiger partial charge in [-0.1, -0.05) is 12.1 Å². The predicted octanol–water partition coefficient (Wildman–Crippen LogP) is 4.26. The lowest BCUT2D eigenvalue weighted by atomic mass is 9.94. The highest BCUT2D eigenvalue weighted by Gasteiger charge is 2.31. The van der Waals surface area contributed by atoms with Crippen LogP contribution in [-0.4, -0.2) is 47.0 Å². The van der Waals surface area contributed by atoms with E-state index >= 15 is 0 Å². The summed E-state index contributed by atoms with van der Waals surface area (Å²) >= 11 is 0. The van der Waals surface area contributed by atoms with Gasteiger partial charge in [0.15, 0.2) is 11.5 Å². The first-order chi connectivity index (χ1) is 13.3. The molecular formula is C22H27N3O2. The minimum Gasteiger partial charge on any atom is -0.468 e. The van der Waals surface area contributed by atoms with Gasteiger partial charge in [0, 0.05) is 31.6 Å². The molecule has 3 aromatic rings. The van der Waals surface area contributed by atoms with Gasteiger partial charge in [-0.05, 0) is 56.5 Å². The van der Waals surface area contributed by atoms with Crippen molar-refractivity contribution < 1.29 is 8.83 Å². The van der Waals surface area contributed by atoms with Crippen LogP contribution in [0.1, 0.15) is 43.3 Å². The molecule has 0 amide bonds. The first-order valence-corrected chi connectivity index (χ1v) is 10.2. The highest BCUT2D eigenvalue weighted by atomic mass is 16.3. The largest absolute Gasteiger partial charge is 0.468 e. The number of rotatable bonds is 4. The Morgan fingerprint density at radius 2 is 1.89 bits per heavy atom. The second kappa shape index (κ2) is 7.49. The van der Waals surface area contributed by atoms with Crippen LogP contribution in [0.2, 0.25) is 0 Å². The molecule has 1 aromatic carbocycles. The highest BCUT2D eigenvalue weighted by molar-refractivity contribution is 5.72. The third kappa shape index (κ3) is 3.66. The molecule has 2 aliphatic heterocycles. The Hall–Kier alpha value is -2.11. The third-order valence-electron chi connectivity index (χ3n) is 6.15. The molecule has 0 spiro atoms. The van der Waals surface area contributed by atoms with Crippen LogP contribution in [0.25, 0.3) is 11.1 Å². The summed E-state index contributed by atoms with van der Waals surface area (Å²) in [6.45, 7) is 5.52. The summed E-state index contributed by atoms with van der Waals surface area (Å²) in [6.07, 6.45) is 6.65. The molecule has 0 bridgehead atoms. The van der Waals surface area contributed by atoms with Crippen LogP contribution in [0, 0.1) is 0 Å². The molecule has 2 aliphatic rings. The van der Waals surface area contributed by atoms with E-state index in [0.717, 1.165) is 48.9 Å². The summed E-state index contributed by atoms with van der Waals surface area (Å²) in [5.74, 6) is 2.42. The number of likely N-dealkylation sites (tertiary alicyclic amines) is 2. The SMILES string of the molecule is c1coc(CN2CCC(N3CCCC(c4nc5ccccc5o4)C3)CC2)c1. The zero-order valence-corrected chi connectivity index (χ0v) is 15.7. The van der Waals surface area contributed by atoms with Crippen molar-refractivity contribution in [3.8, 4) is 0 Å². The van der Waals surface area contributed by atoms with E-state index in [9.17, 15) is 0 Å². The van der Waals surface area contributed by atoms with E-state index < -0.39 is 0 Å². The van der Waals surface area contributed by atoms with E-state index in [1.807, 2.05) is 30.3 Å². The van der Waals surface area contributed by atoms with Gasteiger partial charge in [0.05, 0.1) is 12.8 Å². The van der Waals surface area contributed by atoms with Crippen LogP contribution < -0.4 is 0 Å². The minimum absolute atomic E-state index is 0.423. The number of benzene rings is 1. The molecular weight excluding hydrogens is 338 g/mol. The Kier molecular flexibility index (Phi) is 4.72. The molecule has 1 atom stereocenters. The fourth-order valence-corrected chi connectivity index (χ4v) is 4.67. The molecule has 1 unspecified atom stereocenters. The molecule has 0 N–H and O–H groups in total. The van der Waals surface area contributed by atoms with Crippen molar-refractivity contribution in [1.29, 1.82) is 0 Å². The molecule has 0 aliphatic carbocycles. The molecule has 0 saturated carbocycles. The number of fused-ring (bicyclic) bond motifs is 1. The molecule has 142 valence electrons. The fraction of sp³-hybridized carbons (Fsp3) is 0.500. The molecule has 2 fully saturated rings. The Labute approximate surface area is 160 Å². The van der Waals surface area contributed by atoms with E-state index in [4.69, 9.17) is 13.8 Å². The van der Waals surface area contributed by atoms with Crippen molar-refractivity contribution in [2.75, 3.05) is 26.2 Å². The first-order valence-electron chi connectivity index (χ1n) is 10.2. The average Bonchev–Trinajstić information content (AvgIpc) is 3.38. The number of para-hydroxylation sites is 2. The molecule has 27 heavy (non-hydrogen) atoms. The van der Waals surface area contributed by atoms with Gasteiger partial charge in [-0.2, -0.15) is 0 Å². The first kappa shape index (κ1) is 17.0. The van der Waals surface area contributed by atoms with Crippen LogP contribution >= 0.6 is 0 Å². The zero-order chi connectivity index (χ0) is 18.1. The molecule has 2 saturated heterocycles. The molecule has 0 radical (unpaired) electrons. The summed E-state index contributed by atoms with van der Waals surface area (Å²) in [5.41, 5.74) is 1.90. The number of hydrogen-bond donors (Lipinski definition) is 0. The van der Waals surface area contributed by atoms with Gasteiger partial charge in [-0.25, -0.2) is 4.98 Å². The Balaban J connectivity index is 1.20. The standard InChI is InChI=1S/C22H27N3O2/c1-2-8-21-20(7-1)23-22(27-21)17-5-3-11-25(15-17)18-9-12-24(13-10-18)16-19-6-4-14-26-19/h1-2,4,6-8,14,17-18H,3,5,9-13,15-16H2. The van der Waals surface area contributed by atoms with Gasteiger partial charge in [0.25, 0.3) is 0 Å². The number of piperidine rings is 2. The van der Waals surface area contributed by atoms with Crippen molar-refractivity contribution in [2.45, 2.75) is 44.2 Å². The fourth-order valence-electron chi connectivity index (χ4n) is 4.67. The topological polar surface area (TPSA) is 45.7 Å². The van der Waals surface area contributed by atoms with Crippen molar-refractivity contribution in [3.05, 3.63) is 54.3 Å².